The van der Waals surface area contributed by atoms with Crippen LogP contribution in [-0.2, 0) is 4.79 Å². The number of carbonyl (C=O) groups is 1. The molecule has 1 aliphatic heterocycles. The highest BCUT2D eigenvalue weighted by molar-refractivity contribution is 5.81. The minimum Gasteiger partial charge on any atom is -0.328 e. The second kappa shape index (κ2) is 4.13. The number of nitrogens with two attached hydrogens (primary N) is 1. The Labute approximate surface area is 101 Å². The molecule has 1 saturated carbocycles. The molecule has 3 rings (SSSR count). The maximum atomic E-state index is 11.7. The number of hydrazine groups is 1. The molecule has 1 aromatic carbocycles. The molecule has 1 aliphatic carbocycles. The molecular formula is C13H17N3O. The van der Waals surface area contributed by atoms with Crippen LogP contribution in [0.15, 0.2) is 30.3 Å². The van der Waals surface area contributed by atoms with E-state index in [1.54, 1.807) is 0 Å². The second-order valence-corrected chi connectivity index (χ2v) is 5.01. The van der Waals surface area contributed by atoms with Crippen molar-refractivity contribution in [1.82, 2.24) is 10.9 Å². The lowest BCUT2D eigenvalue weighted by atomic mass is 9.72. The number of carbonyl (C=O) groups excluding carboxylic acids is 1. The van der Waals surface area contributed by atoms with E-state index in [0.717, 1.165) is 12.8 Å². The smallest absolute Gasteiger partial charge is 0.238 e. The molecule has 2 fully saturated rings. The highest BCUT2D eigenvalue weighted by Crippen LogP contribution is 2.37. The van der Waals surface area contributed by atoms with Gasteiger partial charge in [0.15, 0.2) is 0 Å². The number of hydrogen-bond acceptors (Lipinski definition) is 3. The summed E-state index contributed by atoms with van der Waals surface area (Å²) < 4.78 is 0. The minimum absolute atomic E-state index is 0.0176. The predicted octanol–water partition coefficient (Wildman–Crippen LogP) is 0.511. The summed E-state index contributed by atoms with van der Waals surface area (Å²) in [6, 6.07) is 10.6. The van der Waals surface area contributed by atoms with Gasteiger partial charge in [-0.25, -0.2) is 5.43 Å². The maximum absolute atomic E-state index is 11.7. The summed E-state index contributed by atoms with van der Waals surface area (Å²) in [5.74, 6) is 0.430. The fraction of sp³-hybridized carbons (Fsp3) is 0.462. The quantitative estimate of drug-likeness (QED) is 0.659. The first-order valence-corrected chi connectivity index (χ1v) is 6.11. The molecule has 1 amide bonds. The molecule has 4 atom stereocenters. The van der Waals surface area contributed by atoms with Gasteiger partial charge in [-0.2, -0.15) is 0 Å². The van der Waals surface area contributed by atoms with Gasteiger partial charge in [0.25, 0.3) is 0 Å². The molecule has 0 aromatic heterocycles. The van der Waals surface area contributed by atoms with Gasteiger partial charge in [0.05, 0.1) is 5.92 Å². The normalized spacial score (nSPS) is 36.4. The Bertz CT molecular complexity index is 420. The molecule has 0 spiro atoms. The number of rotatable bonds is 1. The Morgan fingerprint density at radius 1 is 1.12 bits per heavy atom. The fourth-order valence-corrected chi connectivity index (χ4v) is 3.08. The van der Waals surface area contributed by atoms with Gasteiger partial charge in [0.2, 0.25) is 5.91 Å². The Balaban J connectivity index is 1.91. The van der Waals surface area contributed by atoms with Gasteiger partial charge in [-0.3, -0.25) is 10.2 Å². The van der Waals surface area contributed by atoms with Gasteiger partial charge >= 0.3 is 0 Å². The number of amides is 1. The van der Waals surface area contributed by atoms with Crippen LogP contribution in [0.4, 0.5) is 0 Å². The molecule has 1 heterocycles. The topological polar surface area (TPSA) is 67.2 Å². The van der Waals surface area contributed by atoms with Crippen molar-refractivity contribution in [2.75, 3.05) is 0 Å². The summed E-state index contributed by atoms with van der Waals surface area (Å²) in [6.45, 7) is 0. The van der Waals surface area contributed by atoms with Gasteiger partial charge in [0, 0.05) is 18.0 Å². The van der Waals surface area contributed by atoms with Crippen LogP contribution in [-0.4, -0.2) is 18.0 Å². The van der Waals surface area contributed by atoms with E-state index in [2.05, 4.69) is 23.0 Å². The zero-order valence-corrected chi connectivity index (χ0v) is 9.60. The summed E-state index contributed by atoms with van der Waals surface area (Å²) in [5.41, 5.74) is 13.2. The lowest BCUT2D eigenvalue weighted by Crippen LogP contribution is -2.45. The highest BCUT2D eigenvalue weighted by Gasteiger charge is 2.44. The molecule has 1 saturated heterocycles. The third-order valence-electron chi connectivity index (χ3n) is 3.91. The number of fused-ring (bicyclic) bond motifs is 1. The van der Waals surface area contributed by atoms with Gasteiger partial charge in [0.1, 0.15) is 0 Å². The van der Waals surface area contributed by atoms with Crippen molar-refractivity contribution in [1.29, 1.82) is 0 Å². The highest BCUT2D eigenvalue weighted by atomic mass is 16.2. The molecule has 4 heteroatoms. The van der Waals surface area contributed by atoms with Crippen molar-refractivity contribution in [3.63, 3.8) is 0 Å². The lowest BCUT2D eigenvalue weighted by molar-refractivity contribution is -0.123. The van der Waals surface area contributed by atoms with Crippen LogP contribution in [0.1, 0.15) is 24.3 Å². The van der Waals surface area contributed by atoms with Crippen molar-refractivity contribution in [2.24, 2.45) is 11.7 Å². The molecule has 4 N–H and O–H groups in total. The monoisotopic (exact) mass is 231 g/mol. The van der Waals surface area contributed by atoms with E-state index in [-0.39, 0.29) is 23.9 Å². The Hall–Kier alpha value is -1.39. The molecule has 1 aromatic rings. The third-order valence-corrected chi connectivity index (χ3v) is 3.91. The zero-order valence-electron chi connectivity index (χ0n) is 9.60. The largest absolute Gasteiger partial charge is 0.328 e. The zero-order chi connectivity index (χ0) is 11.8. The van der Waals surface area contributed by atoms with Crippen molar-refractivity contribution < 1.29 is 4.79 Å². The molecular weight excluding hydrogens is 214 g/mol. The van der Waals surface area contributed by atoms with E-state index < -0.39 is 0 Å². The van der Waals surface area contributed by atoms with Crippen LogP contribution in [0.3, 0.4) is 0 Å². The van der Waals surface area contributed by atoms with Gasteiger partial charge in [-0.15, -0.1) is 0 Å². The van der Waals surface area contributed by atoms with E-state index in [0.29, 0.717) is 5.92 Å². The molecule has 17 heavy (non-hydrogen) atoms. The summed E-state index contributed by atoms with van der Waals surface area (Å²) in [5, 5.41) is 0. The standard InChI is InChI=1S/C13H17N3O/c14-9-6-10(8-4-2-1-3-5-8)12-11(7-9)13(17)16-15-12/h1-5,9-12,15H,6-7,14H2,(H,16,17). The van der Waals surface area contributed by atoms with Crippen molar-refractivity contribution in [3.05, 3.63) is 35.9 Å². The first kappa shape index (κ1) is 10.7. The fourth-order valence-electron chi connectivity index (χ4n) is 3.08. The summed E-state index contributed by atoms with van der Waals surface area (Å²) in [4.78, 5) is 11.7. The van der Waals surface area contributed by atoms with Crippen molar-refractivity contribution >= 4 is 5.91 Å². The first-order chi connectivity index (χ1) is 8.25. The Morgan fingerprint density at radius 2 is 1.82 bits per heavy atom. The Morgan fingerprint density at radius 3 is 2.59 bits per heavy atom. The van der Waals surface area contributed by atoms with Crippen LogP contribution >= 0.6 is 0 Å². The molecule has 0 radical (unpaired) electrons. The van der Waals surface area contributed by atoms with Crippen molar-refractivity contribution in [2.45, 2.75) is 30.8 Å². The van der Waals surface area contributed by atoms with E-state index >= 15 is 0 Å². The predicted molar refractivity (Wildman–Crippen MR) is 64.9 cm³/mol. The summed E-state index contributed by atoms with van der Waals surface area (Å²) >= 11 is 0. The van der Waals surface area contributed by atoms with E-state index in [1.807, 2.05) is 18.2 Å². The number of hydrogen-bond donors (Lipinski definition) is 3. The molecule has 2 aliphatic rings. The van der Waals surface area contributed by atoms with E-state index in [9.17, 15) is 4.79 Å². The summed E-state index contributed by atoms with van der Waals surface area (Å²) in [7, 11) is 0. The molecule has 0 bridgehead atoms. The average molecular weight is 231 g/mol. The van der Waals surface area contributed by atoms with Crippen LogP contribution in [0.5, 0.6) is 0 Å². The van der Waals surface area contributed by atoms with Gasteiger partial charge < -0.3 is 5.73 Å². The Kier molecular flexibility index (Phi) is 2.61. The van der Waals surface area contributed by atoms with E-state index in [4.69, 9.17) is 5.73 Å². The maximum Gasteiger partial charge on any atom is 0.238 e. The third kappa shape index (κ3) is 1.83. The summed E-state index contributed by atoms with van der Waals surface area (Å²) in [6.07, 6.45) is 1.72. The number of nitrogens with one attached hydrogen (secondary N) is 2. The van der Waals surface area contributed by atoms with Crippen LogP contribution < -0.4 is 16.6 Å². The van der Waals surface area contributed by atoms with E-state index in [1.165, 1.54) is 5.56 Å². The van der Waals surface area contributed by atoms with Gasteiger partial charge in [-0.1, -0.05) is 30.3 Å². The minimum atomic E-state index is 0.0176. The molecule has 4 nitrogen and oxygen atoms in total. The second-order valence-electron chi connectivity index (χ2n) is 5.01. The molecule has 90 valence electrons. The van der Waals surface area contributed by atoms with Crippen LogP contribution in [0.2, 0.25) is 0 Å². The van der Waals surface area contributed by atoms with Crippen molar-refractivity contribution in [3.8, 4) is 0 Å². The lowest BCUT2D eigenvalue weighted by Gasteiger charge is -2.35. The first-order valence-electron chi connectivity index (χ1n) is 6.11. The van der Waals surface area contributed by atoms with Crippen LogP contribution in [0.25, 0.3) is 0 Å². The van der Waals surface area contributed by atoms with Crippen LogP contribution in [0, 0.1) is 5.92 Å². The number of benzene rings is 1. The van der Waals surface area contributed by atoms with Gasteiger partial charge in [-0.05, 0) is 18.4 Å². The average Bonchev–Trinajstić information content (AvgIpc) is 2.72. The SMILES string of the molecule is NC1CC2C(=O)NNC2C(c2ccccc2)C1. The molecule has 4 unspecified atom stereocenters.